The first-order chi connectivity index (χ1) is 12.1. The van der Waals surface area contributed by atoms with Gasteiger partial charge in [-0.3, -0.25) is 19.3 Å². The van der Waals surface area contributed by atoms with Crippen LogP contribution in [0.15, 0.2) is 30.4 Å². The standard InChI is InChI=1S/C18H18N2O5/c1-10(20-17(22)12-4-2-3-5-13(12)18(20)23)16(21)19-11-6-7-14-15(8-11)25-9-24-14/h2-3,6-8,10,12-13H,4-5,9H2,1H3,(H,19,21)/t10-,12+,13+/m0/s1. The Kier molecular flexibility index (Phi) is 3.71. The first-order valence-electron chi connectivity index (χ1n) is 8.28. The molecule has 0 radical (unpaired) electrons. The molecule has 0 aromatic heterocycles. The molecule has 7 nitrogen and oxygen atoms in total. The Morgan fingerprint density at radius 3 is 2.44 bits per heavy atom. The maximum absolute atomic E-state index is 12.6. The number of rotatable bonds is 3. The second-order valence-electron chi connectivity index (χ2n) is 6.44. The lowest BCUT2D eigenvalue weighted by Crippen LogP contribution is -2.46. The third kappa shape index (κ3) is 2.56. The van der Waals surface area contributed by atoms with Gasteiger partial charge in [-0.05, 0) is 31.9 Å². The van der Waals surface area contributed by atoms with Crippen molar-refractivity contribution in [3.8, 4) is 11.5 Å². The summed E-state index contributed by atoms with van der Waals surface area (Å²) in [5.74, 6) is -0.424. The van der Waals surface area contributed by atoms with E-state index >= 15 is 0 Å². The number of carbonyl (C=O) groups is 3. The summed E-state index contributed by atoms with van der Waals surface area (Å²) < 4.78 is 10.5. The second kappa shape index (κ2) is 5.91. The van der Waals surface area contributed by atoms with Gasteiger partial charge in [-0.25, -0.2) is 0 Å². The molecule has 1 N–H and O–H groups in total. The molecule has 2 heterocycles. The van der Waals surface area contributed by atoms with Gasteiger partial charge in [0, 0.05) is 11.8 Å². The number of hydrogen-bond acceptors (Lipinski definition) is 5. The Labute approximate surface area is 144 Å². The summed E-state index contributed by atoms with van der Waals surface area (Å²) in [6.45, 7) is 1.72. The summed E-state index contributed by atoms with van der Waals surface area (Å²) in [4.78, 5) is 38.8. The largest absolute Gasteiger partial charge is 0.454 e. The number of benzene rings is 1. The molecule has 0 spiro atoms. The van der Waals surface area contributed by atoms with Crippen molar-refractivity contribution in [3.63, 3.8) is 0 Å². The van der Waals surface area contributed by atoms with Crippen LogP contribution in [0.1, 0.15) is 19.8 Å². The summed E-state index contributed by atoms with van der Waals surface area (Å²) in [6.07, 6.45) is 4.96. The minimum absolute atomic E-state index is 0.150. The Hall–Kier alpha value is -2.83. The van der Waals surface area contributed by atoms with Gasteiger partial charge in [0.05, 0.1) is 11.8 Å². The van der Waals surface area contributed by atoms with Crippen LogP contribution in [-0.4, -0.2) is 35.5 Å². The molecule has 2 aliphatic heterocycles. The van der Waals surface area contributed by atoms with E-state index in [1.165, 1.54) is 0 Å². The zero-order valence-corrected chi connectivity index (χ0v) is 13.7. The molecule has 1 aliphatic carbocycles. The minimum Gasteiger partial charge on any atom is -0.454 e. The van der Waals surface area contributed by atoms with E-state index < -0.39 is 11.9 Å². The number of likely N-dealkylation sites (tertiary alicyclic amines) is 1. The van der Waals surface area contributed by atoms with Crippen LogP contribution in [0.5, 0.6) is 11.5 Å². The zero-order valence-electron chi connectivity index (χ0n) is 13.7. The van der Waals surface area contributed by atoms with Crippen molar-refractivity contribution >= 4 is 23.4 Å². The lowest BCUT2D eigenvalue weighted by Gasteiger charge is -2.22. The minimum atomic E-state index is -0.865. The number of anilines is 1. The molecule has 130 valence electrons. The maximum atomic E-state index is 12.6. The van der Waals surface area contributed by atoms with Crippen LogP contribution in [0.2, 0.25) is 0 Å². The van der Waals surface area contributed by atoms with E-state index in [0.717, 1.165) is 4.90 Å². The van der Waals surface area contributed by atoms with Gasteiger partial charge >= 0.3 is 0 Å². The highest BCUT2D eigenvalue weighted by Gasteiger charge is 2.50. The molecule has 3 amide bonds. The first-order valence-corrected chi connectivity index (χ1v) is 8.28. The highest BCUT2D eigenvalue weighted by Crippen LogP contribution is 2.37. The van der Waals surface area contributed by atoms with Gasteiger partial charge in [0.2, 0.25) is 24.5 Å². The molecule has 1 aromatic rings. The number of ether oxygens (including phenoxy) is 2. The van der Waals surface area contributed by atoms with E-state index in [2.05, 4.69) is 5.32 Å². The van der Waals surface area contributed by atoms with Gasteiger partial charge in [0.1, 0.15) is 6.04 Å². The molecule has 1 fully saturated rings. The Bertz CT molecular complexity index is 762. The van der Waals surface area contributed by atoms with Crippen molar-refractivity contribution in [2.45, 2.75) is 25.8 Å². The quantitative estimate of drug-likeness (QED) is 0.667. The summed E-state index contributed by atoms with van der Waals surface area (Å²) in [7, 11) is 0. The van der Waals surface area contributed by atoms with Gasteiger partial charge in [0.15, 0.2) is 11.5 Å². The van der Waals surface area contributed by atoms with Gasteiger partial charge in [-0.2, -0.15) is 0 Å². The van der Waals surface area contributed by atoms with Crippen LogP contribution in [0.3, 0.4) is 0 Å². The molecule has 3 atom stereocenters. The maximum Gasteiger partial charge on any atom is 0.247 e. The van der Waals surface area contributed by atoms with Gasteiger partial charge < -0.3 is 14.8 Å². The third-order valence-corrected chi connectivity index (χ3v) is 4.95. The molecule has 3 aliphatic rings. The number of allylic oxidation sites excluding steroid dienone is 2. The van der Waals surface area contributed by atoms with E-state index in [9.17, 15) is 14.4 Å². The van der Waals surface area contributed by atoms with Crippen molar-refractivity contribution in [2.75, 3.05) is 12.1 Å². The molecule has 1 aromatic carbocycles. The SMILES string of the molecule is C[C@@H](C(=O)Nc1ccc2c(c1)OCO2)N1C(=O)[C@@H]2CC=CC[C@H]2C1=O. The first kappa shape index (κ1) is 15.7. The van der Waals surface area contributed by atoms with Crippen molar-refractivity contribution in [3.05, 3.63) is 30.4 Å². The molecule has 0 unspecified atom stereocenters. The molecule has 0 bridgehead atoms. The average molecular weight is 342 g/mol. The van der Waals surface area contributed by atoms with Gasteiger partial charge in [-0.1, -0.05) is 12.2 Å². The van der Waals surface area contributed by atoms with E-state index in [0.29, 0.717) is 30.0 Å². The molecule has 1 saturated heterocycles. The highest BCUT2D eigenvalue weighted by atomic mass is 16.7. The van der Waals surface area contributed by atoms with Crippen LogP contribution in [0, 0.1) is 11.8 Å². The molecule has 4 rings (SSSR count). The van der Waals surface area contributed by atoms with Crippen LogP contribution in [0.25, 0.3) is 0 Å². The van der Waals surface area contributed by atoms with Crippen molar-refractivity contribution < 1.29 is 23.9 Å². The number of carbonyl (C=O) groups excluding carboxylic acids is 3. The fraction of sp³-hybridized carbons (Fsp3) is 0.389. The van der Waals surface area contributed by atoms with Crippen LogP contribution in [0.4, 0.5) is 5.69 Å². The number of hydrogen-bond donors (Lipinski definition) is 1. The predicted octanol–water partition coefficient (Wildman–Crippen LogP) is 1.69. The van der Waals surface area contributed by atoms with E-state index in [4.69, 9.17) is 9.47 Å². The number of nitrogens with zero attached hydrogens (tertiary/aromatic N) is 1. The zero-order chi connectivity index (χ0) is 17.6. The monoisotopic (exact) mass is 342 g/mol. The van der Waals surface area contributed by atoms with Gasteiger partial charge in [0.25, 0.3) is 0 Å². The summed E-state index contributed by atoms with van der Waals surface area (Å²) >= 11 is 0. The van der Waals surface area contributed by atoms with Crippen LogP contribution in [-0.2, 0) is 14.4 Å². The fourth-order valence-corrected chi connectivity index (χ4v) is 3.55. The van der Waals surface area contributed by atoms with Crippen LogP contribution < -0.4 is 14.8 Å². The smallest absolute Gasteiger partial charge is 0.247 e. The normalized spacial score (nSPS) is 25.1. The highest BCUT2D eigenvalue weighted by molar-refractivity contribution is 6.10. The van der Waals surface area contributed by atoms with E-state index in [1.807, 2.05) is 12.2 Å². The van der Waals surface area contributed by atoms with Gasteiger partial charge in [-0.15, -0.1) is 0 Å². The topological polar surface area (TPSA) is 84.9 Å². The van der Waals surface area contributed by atoms with E-state index in [-0.39, 0.29) is 30.4 Å². The molecule has 25 heavy (non-hydrogen) atoms. The Morgan fingerprint density at radius 2 is 1.76 bits per heavy atom. The predicted molar refractivity (Wildman–Crippen MR) is 87.9 cm³/mol. The Balaban J connectivity index is 1.49. The van der Waals surface area contributed by atoms with Crippen molar-refractivity contribution in [2.24, 2.45) is 11.8 Å². The van der Waals surface area contributed by atoms with E-state index in [1.54, 1.807) is 25.1 Å². The van der Waals surface area contributed by atoms with Crippen LogP contribution >= 0.6 is 0 Å². The average Bonchev–Trinajstić information content (AvgIpc) is 3.18. The lowest BCUT2D eigenvalue weighted by atomic mass is 9.85. The molecule has 7 heteroatoms. The fourth-order valence-electron chi connectivity index (χ4n) is 3.55. The number of fused-ring (bicyclic) bond motifs is 2. The summed E-state index contributed by atoms with van der Waals surface area (Å²) in [6, 6.07) is 4.19. The van der Waals surface area contributed by atoms with Crippen molar-refractivity contribution in [1.29, 1.82) is 0 Å². The number of imide groups is 1. The molecular weight excluding hydrogens is 324 g/mol. The summed E-state index contributed by atoms with van der Waals surface area (Å²) in [5, 5.41) is 2.73. The number of amides is 3. The summed E-state index contributed by atoms with van der Waals surface area (Å²) in [5.41, 5.74) is 0.527. The molecular formula is C18H18N2O5. The molecule has 0 saturated carbocycles. The Morgan fingerprint density at radius 1 is 1.12 bits per heavy atom. The number of nitrogens with one attached hydrogen (secondary N) is 1. The lowest BCUT2D eigenvalue weighted by molar-refractivity contribution is -0.146. The second-order valence-corrected chi connectivity index (χ2v) is 6.44. The van der Waals surface area contributed by atoms with Crippen molar-refractivity contribution in [1.82, 2.24) is 4.90 Å². The third-order valence-electron chi connectivity index (χ3n) is 4.95.